The molecule has 0 spiro atoms. The van der Waals surface area contributed by atoms with Gasteiger partial charge in [-0.05, 0) is 32.9 Å². The van der Waals surface area contributed by atoms with Gasteiger partial charge in [0.1, 0.15) is 0 Å². The number of rotatable bonds is 3. The van der Waals surface area contributed by atoms with Gasteiger partial charge in [0.05, 0.1) is 17.8 Å². The molecule has 0 saturated heterocycles. The summed E-state index contributed by atoms with van der Waals surface area (Å²) in [5.74, 6) is -0.953. The molecule has 20 heavy (non-hydrogen) atoms. The van der Waals surface area contributed by atoms with Crippen LogP contribution in [0.1, 0.15) is 22.6 Å². The highest BCUT2D eigenvalue weighted by Crippen LogP contribution is 2.16. The molecule has 0 bridgehead atoms. The van der Waals surface area contributed by atoms with E-state index in [1.54, 1.807) is 39.1 Å². The van der Waals surface area contributed by atoms with Gasteiger partial charge in [-0.25, -0.2) is 4.79 Å². The normalized spacial score (nSPS) is 10.6. The molecule has 0 unspecified atom stereocenters. The second-order valence-corrected chi connectivity index (χ2v) is 4.56. The molecule has 0 atom stereocenters. The van der Waals surface area contributed by atoms with Crippen LogP contribution < -0.4 is 5.69 Å². The lowest BCUT2D eigenvalue weighted by Gasteiger charge is -2.15. The maximum absolute atomic E-state index is 12.1. The van der Waals surface area contributed by atoms with Gasteiger partial charge in [0, 0.05) is 23.1 Å². The molecule has 0 radical (unpaired) electrons. The zero-order valence-corrected chi connectivity index (χ0v) is 11.5. The van der Waals surface area contributed by atoms with E-state index in [0.717, 1.165) is 0 Å². The van der Waals surface area contributed by atoms with E-state index in [-0.39, 0.29) is 6.42 Å². The molecule has 2 aromatic heterocycles. The Balaban J connectivity index is 2.74. The minimum absolute atomic E-state index is 0.162. The minimum Gasteiger partial charge on any atom is -0.481 e. The summed E-state index contributed by atoms with van der Waals surface area (Å²) in [7, 11) is 0. The monoisotopic (exact) mass is 273 g/mol. The third-order valence-electron chi connectivity index (χ3n) is 3.21. The number of carboxylic acids is 1. The summed E-state index contributed by atoms with van der Waals surface area (Å²) in [4.78, 5) is 31.1. The third kappa shape index (κ3) is 2.45. The zero-order valence-electron chi connectivity index (χ0n) is 11.5. The number of aliphatic carboxylic acids is 1. The van der Waals surface area contributed by atoms with Crippen LogP contribution in [0.25, 0.3) is 5.69 Å². The van der Waals surface area contributed by atoms with Crippen LogP contribution in [-0.4, -0.2) is 25.6 Å². The second-order valence-electron chi connectivity index (χ2n) is 4.56. The maximum Gasteiger partial charge on any atom is 0.352 e. The Morgan fingerprint density at radius 2 is 2.00 bits per heavy atom. The first-order valence-corrected chi connectivity index (χ1v) is 6.14. The Bertz CT molecular complexity index is 735. The predicted octanol–water partition coefficient (Wildman–Crippen LogP) is 1.18. The van der Waals surface area contributed by atoms with Crippen molar-refractivity contribution >= 4 is 5.97 Å². The van der Waals surface area contributed by atoms with Crippen LogP contribution in [-0.2, 0) is 11.2 Å². The molecule has 0 amide bonds. The third-order valence-corrected chi connectivity index (χ3v) is 3.21. The Labute approximate surface area is 115 Å². The molecule has 0 aliphatic heterocycles. The van der Waals surface area contributed by atoms with E-state index in [1.807, 2.05) is 0 Å². The van der Waals surface area contributed by atoms with Crippen molar-refractivity contribution < 1.29 is 9.90 Å². The summed E-state index contributed by atoms with van der Waals surface area (Å²) in [5.41, 5.74) is 2.47. The molecule has 0 saturated carbocycles. The van der Waals surface area contributed by atoms with E-state index in [2.05, 4.69) is 9.97 Å². The van der Waals surface area contributed by atoms with Gasteiger partial charge in [-0.1, -0.05) is 0 Å². The predicted molar refractivity (Wildman–Crippen MR) is 73.2 cm³/mol. The van der Waals surface area contributed by atoms with Crippen LogP contribution in [0.5, 0.6) is 0 Å². The first kappa shape index (κ1) is 13.9. The summed E-state index contributed by atoms with van der Waals surface area (Å²) < 4.78 is 1.41. The standard InChI is InChI=1S/C14H15N3O3/c1-8-11(7-13(18)19)10(3)17(14(20)16-8)12-5-4-6-15-9(12)2/h4-6H,7H2,1-3H3,(H,18,19). The van der Waals surface area contributed by atoms with Gasteiger partial charge in [0.2, 0.25) is 0 Å². The molecule has 1 N–H and O–H groups in total. The Hall–Kier alpha value is -2.50. The zero-order chi connectivity index (χ0) is 14.9. The number of hydrogen-bond acceptors (Lipinski definition) is 4. The molecule has 0 fully saturated rings. The van der Waals surface area contributed by atoms with Gasteiger partial charge in [0.25, 0.3) is 0 Å². The summed E-state index contributed by atoms with van der Waals surface area (Å²) in [6.07, 6.45) is 1.48. The van der Waals surface area contributed by atoms with Crippen molar-refractivity contribution in [2.24, 2.45) is 0 Å². The van der Waals surface area contributed by atoms with Crippen molar-refractivity contribution in [1.29, 1.82) is 0 Å². The molecule has 6 nitrogen and oxygen atoms in total. The van der Waals surface area contributed by atoms with Gasteiger partial charge in [0.15, 0.2) is 0 Å². The topological polar surface area (TPSA) is 85.1 Å². The SMILES string of the molecule is Cc1ncccc1-n1c(C)c(CC(=O)O)c(C)nc1=O. The second kappa shape index (κ2) is 5.24. The van der Waals surface area contributed by atoms with Crippen LogP contribution in [0.2, 0.25) is 0 Å². The molecular formula is C14H15N3O3. The molecule has 2 heterocycles. The summed E-state index contributed by atoms with van der Waals surface area (Å²) in [5, 5.41) is 8.97. The summed E-state index contributed by atoms with van der Waals surface area (Å²) in [6.45, 7) is 5.16. The number of carboxylic acid groups (broad SMARTS) is 1. The van der Waals surface area contributed by atoms with E-state index in [9.17, 15) is 9.59 Å². The van der Waals surface area contributed by atoms with Crippen LogP contribution in [0.15, 0.2) is 23.1 Å². The lowest BCUT2D eigenvalue weighted by molar-refractivity contribution is -0.136. The van der Waals surface area contributed by atoms with Crippen molar-refractivity contribution in [1.82, 2.24) is 14.5 Å². The van der Waals surface area contributed by atoms with E-state index in [4.69, 9.17) is 5.11 Å². The molecule has 2 rings (SSSR count). The van der Waals surface area contributed by atoms with Crippen molar-refractivity contribution in [3.63, 3.8) is 0 Å². The van der Waals surface area contributed by atoms with Crippen LogP contribution in [0, 0.1) is 20.8 Å². The van der Waals surface area contributed by atoms with E-state index < -0.39 is 11.7 Å². The van der Waals surface area contributed by atoms with Crippen molar-refractivity contribution in [3.05, 3.63) is 51.5 Å². The van der Waals surface area contributed by atoms with E-state index in [0.29, 0.717) is 28.3 Å². The fourth-order valence-electron chi connectivity index (χ4n) is 2.20. The van der Waals surface area contributed by atoms with Crippen LogP contribution in [0.3, 0.4) is 0 Å². The fourth-order valence-corrected chi connectivity index (χ4v) is 2.20. The Morgan fingerprint density at radius 3 is 2.60 bits per heavy atom. The molecule has 0 aliphatic carbocycles. The van der Waals surface area contributed by atoms with Crippen LogP contribution in [0.4, 0.5) is 0 Å². The fraction of sp³-hybridized carbons (Fsp3) is 0.286. The number of aromatic nitrogens is 3. The maximum atomic E-state index is 12.1. The van der Waals surface area contributed by atoms with Gasteiger partial charge >= 0.3 is 11.7 Å². The number of aryl methyl sites for hydroxylation is 2. The van der Waals surface area contributed by atoms with Gasteiger partial charge in [-0.15, -0.1) is 0 Å². The van der Waals surface area contributed by atoms with Gasteiger partial charge in [-0.3, -0.25) is 14.3 Å². The minimum atomic E-state index is -0.953. The summed E-state index contributed by atoms with van der Waals surface area (Å²) >= 11 is 0. The lowest BCUT2D eigenvalue weighted by Crippen LogP contribution is -2.27. The van der Waals surface area contributed by atoms with E-state index >= 15 is 0 Å². The van der Waals surface area contributed by atoms with Gasteiger partial charge < -0.3 is 5.11 Å². The molecule has 2 aromatic rings. The average molecular weight is 273 g/mol. The molecular weight excluding hydrogens is 258 g/mol. The van der Waals surface area contributed by atoms with Crippen molar-refractivity contribution in [2.75, 3.05) is 0 Å². The quantitative estimate of drug-likeness (QED) is 0.907. The highest BCUT2D eigenvalue weighted by molar-refractivity contribution is 5.71. The first-order chi connectivity index (χ1) is 9.41. The molecule has 0 aromatic carbocycles. The Kier molecular flexibility index (Phi) is 3.65. The largest absolute Gasteiger partial charge is 0.481 e. The smallest absolute Gasteiger partial charge is 0.352 e. The Morgan fingerprint density at radius 1 is 1.30 bits per heavy atom. The van der Waals surface area contributed by atoms with Gasteiger partial charge in [-0.2, -0.15) is 4.98 Å². The summed E-state index contributed by atoms with van der Waals surface area (Å²) in [6, 6.07) is 3.49. The lowest BCUT2D eigenvalue weighted by atomic mass is 10.1. The number of carbonyl (C=O) groups is 1. The van der Waals surface area contributed by atoms with Crippen molar-refractivity contribution in [2.45, 2.75) is 27.2 Å². The number of hydrogen-bond donors (Lipinski definition) is 1. The molecule has 104 valence electrons. The highest BCUT2D eigenvalue weighted by Gasteiger charge is 2.16. The number of pyridine rings is 1. The van der Waals surface area contributed by atoms with Crippen LogP contribution >= 0.6 is 0 Å². The van der Waals surface area contributed by atoms with Crippen molar-refractivity contribution in [3.8, 4) is 5.69 Å². The average Bonchev–Trinajstić information content (AvgIpc) is 2.36. The first-order valence-electron chi connectivity index (χ1n) is 6.14. The number of nitrogens with zero attached hydrogens (tertiary/aromatic N) is 3. The molecule has 0 aliphatic rings. The van der Waals surface area contributed by atoms with E-state index in [1.165, 1.54) is 4.57 Å². The highest BCUT2D eigenvalue weighted by atomic mass is 16.4. The molecule has 6 heteroatoms.